The molecule has 0 aromatic heterocycles. The number of amides is 1. The Morgan fingerprint density at radius 2 is 2.20 bits per heavy atom. The van der Waals surface area contributed by atoms with Crippen molar-refractivity contribution in [3.63, 3.8) is 0 Å². The Hall–Kier alpha value is -0.620. The summed E-state index contributed by atoms with van der Waals surface area (Å²) >= 11 is 0. The first-order valence-corrected chi connectivity index (χ1v) is 9.44. The molecule has 0 radical (unpaired) electrons. The molecule has 1 heterocycles. The van der Waals surface area contributed by atoms with E-state index in [0.29, 0.717) is 26.0 Å². The zero-order valence-electron chi connectivity index (χ0n) is 11.8. The predicted octanol–water partition coefficient (Wildman–Crippen LogP) is 2.94. The molecule has 20 heavy (non-hydrogen) atoms. The average molecular weight is 317 g/mol. The topological polar surface area (TPSA) is 55.4 Å². The lowest BCUT2D eigenvalue weighted by atomic mass is 10.1. The molecule has 6 heteroatoms. The zero-order valence-corrected chi connectivity index (χ0v) is 13.4. The molecule has 0 aliphatic carbocycles. The largest absolute Gasteiger partial charge is 0.462 e. The molecule has 1 unspecified atom stereocenters. The normalized spacial score (nSPS) is 17.7. The van der Waals surface area contributed by atoms with E-state index in [-0.39, 0.29) is 5.91 Å². The highest BCUT2D eigenvalue weighted by Crippen LogP contribution is 2.39. The monoisotopic (exact) mass is 317 g/mol. The van der Waals surface area contributed by atoms with E-state index in [9.17, 15) is 9.59 Å². The summed E-state index contributed by atoms with van der Waals surface area (Å²) in [7, 11) is 3.95. The van der Waals surface area contributed by atoms with Crippen LogP contribution in [-0.4, -0.2) is 36.0 Å². The summed E-state index contributed by atoms with van der Waals surface area (Å²) in [4.78, 5) is 22.3. The van der Waals surface area contributed by atoms with Gasteiger partial charge in [0.25, 0.3) is 0 Å². The van der Waals surface area contributed by atoms with Crippen LogP contribution in [0.2, 0.25) is 0 Å². The number of carbonyl (C=O) groups is 2. The Balaban J connectivity index is 1.87. The van der Waals surface area contributed by atoms with Crippen molar-refractivity contribution in [1.29, 1.82) is 0 Å². The first-order chi connectivity index (χ1) is 9.72. The number of unbranched alkanes of at least 4 members (excludes halogenated alkanes) is 1. The van der Waals surface area contributed by atoms with Crippen LogP contribution in [0.15, 0.2) is 12.7 Å². The minimum absolute atomic E-state index is 0.0912. The van der Waals surface area contributed by atoms with Gasteiger partial charge in [-0.3, -0.25) is 4.79 Å². The van der Waals surface area contributed by atoms with Gasteiger partial charge in [-0.05, 0) is 25.7 Å². The van der Waals surface area contributed by atoms with Gasteiger partial charge in [-0.15, -0.1) is 0 Å². The highest BCUT2D eigenvalue weighted by molar-refractivity contribution is 8.77. The van der Waals surface area contributed by atoms with Gasteiger partial charge in [0, 0.05) is 30.0 Å². The van der Waals surface area contributed by atoms with Gasteiger partial charge >= 0.3 is 5.97 Å². The molecule has 1 fully saturated rings. The fourth-order valence-electron chi connectivity index (χ4n) is 1.84. The third-order valence-electron chi connectivity index (χ3n) is 2.96. The fourth-order valence-corrected chi connectivity index (χ4v) is 4.87. The Labute approximate surface area is 128 Å². The summed E-state index contributed by atoms with van der Waals surface area (Å²) < 4.78 is 4.82. The highest BCUT2D eigenvalue weighted by atomic mass is 33.1. The lowest BCUT2D eigenvalue weighted by Crippen LogP contribution is -2.25. The maximum atomic E-state index is 11.5. The van der Waals surface area contributed by atoms with Crippen molar-refractivity contribution in [2.24, 2.45) is 0 Å². The number of esters is 1. The number of ether oxygens (including phenoxy) is 1. The zero-order chi connectivity index (χ0) is 14.6. The van der Waals surface area contributed by atoms with E-state index in [4.69, 9.17) is 4.74 Å². The van der Waals surface area contributed by atoms with Gasteiger partial charge < -0.3 is 10.1 Å². The highest BCUT2D eigenvalue weighted by Gasteiger charge is 2.15. The van der Waals surface area contributed by atoms with E-state index >= 15 is 0 Å². The standard InChI is InChI=1S/C14H23NO3S2/c1-2-14(17)18-10-5-9-15-13(16)7-4-3-6-12-8-11-19-20-12/h2,12H,1,3-11H2,(H,15,16). The van der Waals surface area contributed by atoms with Crippen LogP contribution in [0.3, 0.4) is 0 Å². The summed E-state index contributed by atoms with van der Waals surface area (Å²) in [6, 6.07) is 0. The van der Waals surface area contributed by atoms with Crippen molar-refractivity contribution in [2.75, 3.05) is 18.9 Å². The summed E-state index contributed by atoms with van der Waals surface area (Å²) in [5, 5.41) is 3.63. The molecular weight excluding hydrogens is 294 g/mol. The number of rotatable bonds is 10. The Bertz CT molecular complexity index is 318. The van der Waals surface area contributed by atoms with Crippen LogP contribution in [0.1, 0.15) is 38.5 Å². The predicted molar refractivity (Wildman–Crippen MR) is 85.7 cm³/mol. The second-order valence-electron chi connectivity index (χ2n) is 4.65. The van der Waals surface area contributed by atoms with E-state index in [1.807, 2.05) is 21.6 Å². The quantitative estimate of drug-likeness (QED) is 0.290. The molecule has 1 N–H and O–H groups in total. The molecule has 1 saturated heterocycles. The van der Waals surface area contributed by atoms with Crippen molar-refractivity contribution in [2.45, 2.75) is 43.8 Å². The summed E-state index contributed by atoms with van der Waals surface area (Å²) in [5.41, 5.74) is 0. The van der Waals surface area contributed by atoms with Gasteiger partial charge in [0.2, 0.25) is 5.91 Å². The second-order valence-corrected chi connectivity index (χ2v) is 7.44. The Morgan fingerprint density at radius 1 is 1.35 bits per heavy atom. The minimum atomic E-state index is -0.417. The molecular formula is C14H23NO3S2. The molecule has 0 saturated carbocycles. The van der Waals surface area contributed by atoms with Gasteiger partial charge in [0.15, 0.2) is 0 Å². The van der Waals surface area contributed by atoms with Crippen molar-refractivity contribution in [3.8, 4) is 0 Å². The number of nitrogens with one attached hydrogen (secondary N) is 1. The molecule has 1 atom stereocenters. The van der Waals surface area contributed by atoms with Crippen molar-refractivity contribution < 1.29 is 14.3 Å². The van der Waals surface area contributed by atoms with Crippen LogP contribution in [0.5, 0.6) is 0 Å². The van der Waals surface area contributed by atoms with Gasteiger partial charge in [0.05, 0.1) is 6.61 Å². The SMILES string of the molecule is C=CC(=O)OCCCNC(=O)CCCCC1CCSS1. The number of hydrogen-bond acceptors (Lipinski definition) is 5. The number of hydrogen-bond donors (Lipinski definition) is 1. The van der Waals surface area contributed by atoms with Crippen molar-refractivity contribution in [3.05, 3.63) is 12.7 Å². The van der Waals surface area contributed by atoms with Gasteiger partial charge in [-0.2, -0.15) is 0 Å². The van der Waals surface area contributed by atoms with Crippen LogP contribution in [0, 0.1) is 0 Å². The van der Waals surface area contributed by atoms with E-state index in [2.05, 4.69) is 11.9 Å². The second kappa shape index (κ2) is 11.1. The fraction of sp³-hybridized carbons (Fsp3) is 0.714. The molecule has 1 aliphatic heterocycles. The maximum absolute atomic E-state index is 11.5. The molecule has 114 valence electrons. The minimum Gasteiger partial charge on any atom is -0.462 e. The van der Waals surface area contributed by atoms with Crippen LogP contribution in [0.25, 0.3) is 0 Å². The Kier molecular flexibility index (Phi) is 9.66. The van der Waals surface area contributed by atoms with Crippen molar-refractivity contribution in [1.82, 2.24) is 5.32 Å². The average Bonchev–Trinajstić information content (AvgIpc) is 2.96. The smallest absolute Gasteiger partial charge is 0.330 e. The van der Waals surface area contributed by atoms with Gasteiger partial charge in [0.1, 0.15) is 0 Å². The molecule has 0 aromatic rings. The van der Waals surface area contributed by atoms with Crippen LogP contribution in [-0.2, 0) is 14.3 Å². The van der Waals surface area contributed by atoms with Gasteiger partial charge in [-0.25, -0.2) is 4.79 Å². The first-order valence-electron chi connectivity index (χ1n) is 7.06. The third kappa shape index (κ3) is 8.53. The van der Waals surface area contributed by atoms with Crippen LogP contribution in [0.4, 0.5) is 0 Å². The molecule has 0 bridgehead atoms. The first kappa shape index (κ1) is 17.4. The molecule has 1 aliphatic rings. The van der Waals surface area contributed by atoms with Crippen molar-refractivity contribution >= 4 is 33.5 Å². The lowest BCUT2D eigenvalue weighted by molar-refractivity contribution is -0.137. The number of carbonyl (C=O) groups excluding carboxylic acids is 2. The van der Waals surface area contributed by atoms with E-state index < -0.39 is 5.97 Å². The maximum Gasteiger partial charge on any atom is 0.330 e. The molecule has 0 aromatic carbocycles. The van der Waals surface area contributed by atoms with Crippen LogP contribution >= 0.6 is 21.6 Å². The summed E-state index contributed by atoms with van der Waals surface area (Å²) in [5.74, 6) is 0.944. The molecule has 1 rings (SSSR count). The summed E-state index contributed by atoms with van der Waals surface area (Å²) in [6.07, 6.45) is 6.99. The van der Waals surface area contributed by atoms with Crippen LogP contribution < -0.4 is 5.32 Å². The molecule has 4 nitrogen and oxygen atoms in total. The van der Waals surface area contributed by atoms with E-state index in [1.54, 1.807) is 0 Å². The Morgan fingerprint density at radius 3 is 2.90 bits per heavy atom. The van der Waals surface area contributed by atoms with Gasteiger partial charge in [-0.1, -0.05) is 34.6 Å². The van der Waals surface area contributed by atoms with E-state index in [0.717, 1.165) is 24.2 Å². The van der Waals surface area contributed by atoms with E-state index in [1.165, 1.54) is 18.6 Å². The summed E-state index contributed by atoms with van der Waals surface area (Å²) in [6.45, 7) is 4.19. The third-order valence-corrected chi connectivity index (χ3v) is 5.97. The molecule has 1 amide bonds. The molecule has 0 spiro atoms. The lowest BCUT2D eigenvalue weighted by Gasteiger charge is -2.07.